The number of aromatic nitrogens is 3. The van der Waals surface area contributed by atoms with Gasteiger partial charge in [-0.3, -0.25) is 4.57 Å². The number of halogens is 1. The number of nitrogens with zero attached hydrogens (tertiary/aromatic N) is 4. The van der Waals surface area contributed by atoms with E-state index in [9.17, 15) is 0 Å². The molecule has 1 aliphatic rings. The summed E-state index contributed by atoms with van der Waals surface area (Å²) in [6.45, 7) is 6.91. The number of pyridine rings is 1. The van der Waals surface area contributed by atoms with Crippen LogP contribution in [0.5, 0.6) is 0 Å². The molecule has 0 aliphatic heterocycles. The van der Waals surface area contributed by atoms with E-state index in [4.69, 9.17) is 4.99 Å². The average molecular weight is 482 g/mol. The van der Waals surface area contributed by atoms with Gasteiger partial charge in [0.05, 0.1) is 6.54 Å². The summed E-state index contributed by atoms with van der Waals surface area (Å²) < 4.78 is 1.90. The van der Waals surface area contributed by atoms with Crippen molar-refractivity contribution in [3.63, 3.8) is 0 Å². The molecule has 1 fully saturated rings. The summed E-state index contributed by atoms with van der Waals surface area (Å²) in [7, 11) is 0. The maximum Gasteiger partial charge on any atom is 0.191 e. The Kier molecular flexibility index (Phi) is 8.53. The minimum Gasteiger partial charge on any atom is -0.357 e. The van der Waals surface area contributed by atoms with Crippen LogP contribution in [0.4, 0.5) is 0 Å². The zero-order valence-electron chi connectivity index (χ0n) is 16.3. The maximum absolute atomic E-state index is 4.77. The van der Waals surface area contributed by atoms with Gasteiger partial charge in [0.2, 0.25) is 0 Å². The van der Waals surface area contributed by atoms with Crippen molar-refractivity contribution >= 4 is 29.9 Å². The van der Waals surface area contributed by atoms with Gasteiger partial charge in [0, 0.05) is 31.7 Å². The highest BCUT2D eigenvalue weighted by Crippen LogP contribution is 2.40. The number of imidazole rings is 1. The Bertz CT molecular complexity index is 707. The highest BCUT2D eigenvalue weighted by atomic mass is 127. The lowest BCUT2D eigenvalue weighted by Crippen LogP contribution is -2.42. The molecule has 2 heterocycles. The second kappa shape index (κ2) is 10.6. The first kappa shape index (κ1) is 21.7. The van der Waals surface area contributed by atoms with Crippen LogP contribution < -0.4 is 10.6 Å². The molecule has 148 valence electrons. The Morgan fingerprint density at radius 3 is 2.70 bits per heavy atom. The Balaban J connectivity index is 0.00000261. The molecule has 0 aromatic carbocycles. The third kappa shape index (κ3) is 5.92. The van der Waals surface area contributed by atoms with Crippen molar-refractivity contribution in [3.05, 3.63) is 42.6 Å². The fourth-order valence-corrected chi connectivity index (χ4v) is 3.66. The third-order valence-corrected chi connectivity index (χ3v) is 5.39. The standard InChI is InChI=1S/C20H30N6.HI/c1-3-20(8-5-6-9-20)15-25-19(22-4-2)24-14-17-7-10-23-18(13-17)26-12-11-21-16-26;/h7,10-13,16H,3-6,8-9,14-15H2,1-2H3,(H2,22,24,25);1H. The number of nitrogens with one attached hydrogen (secondary N) is 2. The zero-order chi connectivity index (χ0) is 18.2. The molecule has 6 nitrogen and oxygen atoms in total. The monoisotopic (exact) mass is 482 g/mol. The van der Waals surface area contributed by atoms with E-state index < -0.39 is 0 Å². The predicted octanol–water partition coefficient (Wildman–Crippen LogP) is 3.91. The van der Waals surface area contributed by atoms with E-state index in [1.165, 1.54) is 32.1 Å². The third-order valence-electron chi connectivity index (χ3n) is 5.39. The van der Waals surface area contributed by atoms with Crippen LogP contribution in [-0.4, -0.2) is 33.6 Å². The van der Waals surface area contributed by atoms with Gasteiger partial charge in [-0.2, -0.15) is 0 Å². The van der Waals surface area contributed by atoms with Crippen molar-refractivity contribution in [3.8, 4) is 5.82 Å². The smallest absolute Gasteiger partial charge is 0.191 e. The molecule has 0 saturated heterocycles. The van der Waals surface area contributed by atoms with Crippen molar-refractivity contribution in [2.75, 3.05) is 13.1 Å². The molecule has 0 bridgehead atoms. The van der Waals surface area contributed by atoms with Crippen LogP contribution in [0.2, 0.25) is 0 Å². The molecule has 2 aromatic rings. The van der Waals surface area contributed by atoms with Gasteiger partial charge in [0.25, 0.3) is 0 Å². The van der Waals surface area contributed by atoms with Gasteiger partial charge < -0.3 is 10.6 Å². The summed E-state index contributed by atoms with van der Waals surface area (Å²) in [6, 6.07) is 4.07. The summed E-state index contributed by atoms with van der Waals surface area (Å²) in [4.78, 5) is 13.3. The van der Waals surface area contributed by atoms with E-state index in [1.54, 1.807) is 12.5 Å². The average Bonchev–Trinajstić information content (AvgIpc) is 3.37. The van der Waals surface area contributed by atoms with Crippen LogP contribution in [0.15, 0.2) is 42.0 Å². The van der Waals surface area contributed by atoms with Crippen LogP contribution in [0.1, 0.15) is 51.5 Å². The van der Waals surface area contributed by atoms with E-state index in [1.807, 2.05) is 23.0 Å². The van der Waals surface area contributed by atoms with Crippen molar-refractivity contribution in [1.82, 2.24) is 25.2 Å². The predicted molar refractivity (Wildman–Crippen MR) is 121 cm³/mol. The normalized spacial score (nSPS) is 16.0. The maximum atomic E-state index is 4.77. The van der Waals surface area contributed by atoms with E-state index in [2.05, 4.69) is 40.5 Å². The second-order valence-corrected chi connectivity index (χ2v) is 7.10. The molecular formula is C20H31IN6. The number of rotatable bonds is 7. The Hall–Kier alpha value is -1.64. The fourth-order valence-electron chi connectivity index (χ4n) is 3.66. The van der Waals surface area contributed by atoms with E-state index in [0.29, 0.717) is 12.0 Å². The molecule has 0 amide bonds. The van der Waals surface area contributed by atoms with Gasteiger partial charge in [0.15, 0.2) is 5.96 Å². The highest BCUT2D eigenvalue weighted by molar-refractivity contribution is 14.0. The van der Waals surface area contributed by atoms with E-state index in [-0.39, 0.29) is 24.0 Å². The molecule has 0 unspecified atom stereocenters. The van der Waals surface area contributed by atoms with Crippen LogP contribution in [0.25, 0.3) is 5.82 Å². The van der Waals surface area contributed by atoms with Crippen molar-refractivity contribution < 1.29 is 0 Å². The Labute approximate surface area is 179 Å². The highest BCUT2D eigenvalue weighted by Gasteiger charge is 2.31. The topological polar surface area (TPSA) is 67.1 Å². The first-order valence-electron chi connectivity index (χ1n) is 9.70. The lowest BCUT2D eigenvalue weighted by Gasteiger charge is -2.28. The van der Waals surface area contributed by atoms with Gasteiger partial charge in [-0.05, 0) is 49.3 Å². The van der Waals surface area contributed by atoms with Crippen LogP contribution in [-0.2, 0) is 6.54 Å². The number of hydrogen-bond acceptors (Lipinski definition) is 3. The van der Waals surface area contributed by atoms with Gasteiger partial charge in [-0.15, -0.1) is 24.0 Å². The molecule has 1 aliphatic carbocycles. The van der Waals surface area contributed by atoms with Crippen LogP contribution in [0.3, 0.4) is 0 Å². The van der Waals surface area contributed by atoms with Crippen LogP contribution >= 0.6 is 24.0 Å². The fraction of sp³-hybridized carbons (Fsp3) is 0.550. The van der Waals surface area contributed by atoms with E-state index >= 15 is 0 Å². The summed E-state index contributed by atoms with van der Waals surface area (Å²) in [5.74, 6) is 1.76. The molecule has 0 radical (unpaired) electrons. The van der Waals surface area contributed by atoms with Gasteiger partial charge in [-0.25, -0.2) is 15.0 Å². The minimum atomic E-state index is 0. The lowest BCUT2D eigenvalue weighted by atomic mass is 9.83. The quantitative estimate of drug-likeness (QED) is 0.357. The Morgan fingerprint density at radius 2 is 2.04 bits per heavy atom. The van der Waals surface area contributed by atoms with Gasteiger partial charge in [-0.1, -0.05) is 19.8 Å². The molecule has 3 rings (SSSR count). The molecule has 2 N–H and O–H groups in total. The van der Waals surface area contributed by atoms with Crippen molar-refractivity contribution in [1.29, 1.82) is 0 Å². The number of hydrogen-bond donors (Lipinski definition) is 2. The molecule has 2 aromatic heterocycles. The van der Waals surface area contributed by atoms with Gasteiger partial charge in [0.1, 0.15) is 12.1 Å². The van der Waals surface area contributed by atoms with Crippen molar-refractivity contribution in [2.24, 2.45) is 10.4 Å². The van der Waals surface area contributed by atoms with Crippen LogP contribution in [0, 0.1) is 5.41 Å². The number of guanidine groups is 1. The second-order valence-electron chi connectivity index (χ2n) is 7.10. The molecule has 0 atom stereocenters. The Morgan fingerprint density at radius 1 is 1.22 bits per heavy atom. The molecule has 1 saturated carbocycles. The summed E-state index contributed by atoms with van der Waals surface area (Å²) in [5.41, 5.74) is 1.58. The molecular weight excluding hydrogens is 451 g/mol. The minimum absolute atomic E-state index is 0. The van der Waals surface area contributed by atoms with Crippen molar-refractivity contribution in [2.45, 2.75) is 52.5 Å². The first-order valence-corrected chi connectivity index (χ1v) is 9.70. The first-order chi connectivity index (χ1) is 12.7. The van der Waals surface area contributed by atoms with Gasteiger partial charge >= 0.3 is 0 Å². The molecule has 27 heavy (non-hydrogen) atoms. The summed E-state index contributed by atoms with van der Waals surface area (Å²) in [6.07, 6.45) is 13.8. The largest absolute Gasteiger partial charge is 0.357 e. The molecule has 7 heteroatoms. The lowest BCUT2D eigenvalue weighted by molar-refractivity contribution is 0.283. The summed E-state index contributed by atoms with van der Waals surface area (Å²) >= 11 is 0. The molecule has 0 spiro atoms. The summed E-state index contributed by atoms with van der Waals surface area (Å²) in [5, 5.41) is 6.94. The number of aliphatic imine (C=N–C) groups is 1. The van der Waals surface area contributed by atoms with E-state index in [0.717, 1.165) is 30.4 Å². The SMILES string of the molecule is CCNC(=NCc1ccnc(-n2ccnc2)c1)NCC1(CC)CCCC1.I. The zero-order valence-corrected chi connectivity index (χ0v) is 18.6.